The molecule has 1 aliphatic carbocycles. The van der Waals surface area contributed by atoms with Gasteiger partial charge in [-0.1, -0.05) is 6.08 Å². The fourth-order valence-electron chi connectivity index (χ4n) is 5.26. The first-order valence-electron chi connectivity index (χ1n) is 9.08. The van der Waals surface area contributed by atoms with Crippen molar-refractivity contribution < 1.29 is 23.7 Å². The van der Waals surface area contributed by atoms with Crippen molar-refractivity contribution in [3.05, 3.63) is 35.4 Å². The molecule has 2 unspecified atom stereocenters. The topological polar surface area (TPSA) is 60.5 Å². The molecule has 4 atom stereocenters. The van der Waals surface area contributed by atoms with E-state index in [9.17, 15) is 4.79 Å². The smallest absolute Gasteiger partial charge is 0.256 e. The second kappa shape index (κ2) is 5.24. The Kier molecular flexibility index (Phi) is 3.25. The lowest BCUT2D eigenvalue weighted by molar-refractivity contribution is -0.142. The van der Waals surface area contributed by atoms with E-state index < -0.39 is 11.1 Å². The van der Waals surface area contributed by atoms with E-state index in [1.54, 1.807) is 21.3 Å². The SMILES string of the molecule is COc1cc2c(cc1OC)C13CC(OC)C=C[C@@]14O[C@H]4C(=O)N3CCC2. The molecule has 6 heteroatoms. The monoisotopic (exact) mass is 357 g/mol. The highest BCUT2D eigenvalue weighted by molar-refractivity contribution is 5.92. The molecule has 1 amide bonds. The van der Waals surface area contributed by atoms with E-state index in [0.29, 0.717) is 12.2 Å². The van der Waals surface area contributed by atoms with Crippen molar-refractivity contribution >= 4 is 5.91 Å². The van der Waals surface area contributed by atoms with Crippen LogP contribution < -0.4 is 9.47 Å². The van der Waals surface area contributed by atoms with Gasteiger partial charge in [0, 0.05) is 20.1 Å². The van der Waals surface area contributed by atoms with Crippen LogP contribution in [0.5, 0.6) is 11.5 Å². The van der Waals surface area contributed by atoms with Crippen molar-refractivity contribution in [1.29, 1.82) is 0 Å². The number of carbonyl (C=O) groups is 1. The lowest BCUT2D eigenvalue weighted by Crippen LogP contribution is -2.55. The summed E-state index contributed by atoms with van der Waals surface area (Å²) in [5, 5.41) is 0. The molecule has 2 fully saturated rings. The van der Waals surface area contributed by atoms with E-state index >= 15 is 0 Å². The summed E-state index contributed by atoms with van der Waals surface area (Å²) in [6, 6.07) is 4.10. The van der Waals surface area contributed by atoms with Crippen LogP contribution in [0.1, 0.15) is 24.0 Å². The van der Waals surface area contributed by atoms with Crippen LogP contribution in [0.3, 0.4) is 0 Å². The lowest BCUT2D eigenvalue weighted by Gasteiger charge is -2.46. The van der Waals surface area contributed by atoms with Crippen LogP contribution in [0.15, 0.2) is 24.3 Å². The third-order valence-electron chi connectivity index (χ3n) is 6.48. The number of hydrogen-bond donors (Lipinski definition) is 0. The maximum Gasteiger partial charge on any atom is 0.256 e. The summed E-state index contributed by atoms with van der Waals surface area (Å²) in [6.45, 7) is 0.726. The second-order valence-corrected chi connectivity index (χ2v) is 7.45. The van der Waals surface area contributed by atoms with Gasteiger partial charge in [0.2, 0.25) is 0 Å². The molecule has 0 aromatic heterocycles. The molecule has 4 aliphatic rings. The number of benzene rings is 1. The summed E-state index contributed by atoms with van der Waals surface area (Å²) in [7, 11) is 5.00. The Hall–Kier alpha value is -2.05. The molecule has 138 valence electrons. The molecule has 26 heavy (non-hydrogen) atoms. The molecule has 0 radical (unpaired) electrons. The average molecular weight is 357 g/mol. The second-order valence-electron chi connectivity index (χ2n) is 7.45. The Morgan fingerprint density at radius 1 is 1.19 bits per heavy atom. The number of methoxy groups -OCH3 is 3. The van der Waals surface area contributed by atoms with Crippen molar-refractivity contribution in [2.45, 2.75) is 42.6 Å². The van der Waals surface area contributed by atoms with Gasteiger partial charge in [-0.3, -0.25) is 4.79 Å². The molecule has 3 aliphatic heterocycles. The number of fused-ring (bicyclic) bond motifs is 1. The first-order chi connectivity index (χ1) is 12.6. The van der Waals surface area contributed by atoms with Gasteiger partial charge in [0.1, 0.15) is 5.54 Å². The van der Waals surface area contributed by atoms with E-state index in [2.05, 4.69) is 12.1 Å². The molecule has 0 saturated carbocycles. The highest BCUT2D eigenvalue weighted by Crippen LogP contribution is 2.66. The lowest BCUT2D eigenvalue weighted by atomic mass is 9.69. The fraction of sp³-hybridized carbons (Fsp3) is 0.550. The summed E-state index contributed by atoms with van der Waals surface area (Å²) in [4.78, 5) is 15.1. The minimum Gasteiger partial charge on any atom is -0.493 e. The molecular weight excluding hydrogens is 334 g/mol. The summed E-state index contributed by atoms with van der Waals surface area (Å²) in [5.41, 5.74) is 1.17. The van der Waals surface area contributed by atoms with Crippen LogP contribution in [-0.4, -0.2) is 56.5 Å². The minimum atomic E-state index is -0.586. The highest BCUT2D eigenvalue weighted by atomic mass is 16.6. The van der Waals surface area contributed by atoms with Crippen molar-refractivity contribution in [2.75, 3.05) is 27.9 Å². The maximum absolute atomic E-state index is 13.0. The Bertz CT molecular complexity index is 821. The van der Waals surface area contributed by atoms with Gasteiger partial charge in [-0.25, -0.2) is 0 Å². The Morgan fingerprint density at radius 2 is 1.96 bits per heavy atom. The molecule has 0 N–H and O–H groups in total. The molecule has 3 heterocycles. The normalized spacial score (nSPS) is 36.6. The van der Waals surface area contributed by atoms with E-state index in [4.69, 9.17) is 18.9 Å². The number of hydrogen-bond acceptors (Lipinski definition) is 5. The van der Waals surface area contributed by atoms with Crippen molar-refractivity contribution in [2.24, 2.45) is 0 Å². The molecule has 1 aromatic carbocycles. The van der Waals surface area contributed by atoms with E-state index in [1.807, 2.05) is 17.0 Å². The quantitative estimate of drug-likeness (QED) is 0.610. The van der Waals surface area contributed by atoms with Gasteiger partial charge < -0.3 is 23.8 Å². The van der Waals surface area contributed by atoms with E-state index in [-0.39, 0.29) is 18.1 Å². The number of ether oxygens (including phenoxy) is 4. The zero-order chi connectivity index (χ0) is 18.1. The van der Waals surface area contributed by atoms with Gasteiger partial charge in [0.05, 0.1) is 20.3 Å². The van der Waals surface area contributed by atoms with Crippen molar-refractivity contribution in [1.82, 2.24) is 4.90 Å². The van der Waals surface area contributed by atoms with Gasteiger partial charge in [-0.05, 0) is 42.2 Å². The van der Waals surface area contributed by atoms with Crippen LogP contribution in [0, 0.1) is 0 Å². The van der Waals surface area contributed by atoms with Gasteiger partial charge >= 0.3 is 0 Å². The third kappa shape index (κ3) is 1.71. The van der Waals surface area contributed by atoms with E-state index in [1.165, 1.54) is 5.56 Å². The molecule has 2 spiro atoms. The van der Waals surface area contributed by atoms with Crippen LogP contribution in [0.4, 0.5) is 0 Å². The first kappa shape index (κ1) is 16.1. The fourth-order valence-corrected chi connectivity index (χ4v) is 5.26. The largest absolute Gasteiger partial charge is 0.493 e. The van der Waals surface area contributed by atoms with Crippen molar-refractivity contribution in [3.8, 4) is 11.5 Å². The van der Waals surface area contributed by atoms with Crippen LogP contribution >= 0.6 is 0 Å². The Morgan fingerprint density at radius 3 is 2.69 bits per heavy atom. The zero-order valence-electron chi connectivity index (χ0n) is 15.3. The van der Waals surface area contributed by atoms with Gasteiger partial charge in [-0.15, -0.1) is 0 Å². The summed E-state index contributed by atoms with van der Waals surface area (Å²) in [5.74, 6) is 1.49. The van der Waals surface area contributed by atoms with Crippen molar-refractivity contribution in [3.63, 3.8) is 0 Å². The van der Waals surface area contributed by atoms with Crippen LogP contribution in [0.2, 0.25) is 0 Å². The number of amides is 1. The molecule has 1 aromatic rings. The number of morpholine rings is 1. The maximum atomic E-state index is 13.0. The number of carbonyl (C=O) groups excluding carboxylic acids is 1. The number of rotatable bonds is 3. The molecule has 5 rings (SSSR count). The summed E-state index contributed by atoms with van der Waals surface area (Å²) in [6.07, 6.45) is 6.15. The van der Waals surface area contributed by atoms with Crippen LogP contribution in [0.25, 0.3) is 0 Å². The first-order valence-corrected chi connectivity index (χ1v) is 9.08. The Balaban J connectivity index is 1.78. The molecule has 0 bridgehead atoms. The highest BCUT2D eigenvalue weighted by Gasteiger charge is 2.81. The molecule has 2 saturated heterocycles. The standard InChI is InChI=1S/C20H23NO5/c1-23-13-6-7-20-17(26-20)18(22)21-8-4-5-12-9-15(24-2)16(25-3)10-14(12)19(20,21)11-13/h6-7,9-10,13,17H,4-5,8,11H2,1-3H3/t13?,17-,19?,20-/m0/s1. The van der Waals surface area contributed by atoms with E-state index in [0.717, 1.165) is 30.7 Å². The van der Waals surface area contributed by atoms with Gasteiger partial charge in [-0.2, -0.15) is 0 Å². The zero-order valence-corrected chi connectivity index (χ0v) is 15.3. The predicted molar refractivity (Wildman–Crippen MR) is 93.4 cm³/mol. The number of nitrogens with zero attached hydrogens (tertiary/aromatic N) is 1. The third-order valence-corrected chi connectivity index (χ3v) is 6.48. The molecule has 6 nitrogen and oxygen atoms in total. The Labute approximate surface area is 152 Å². The van der Waals surface area contributed by atoms with Gasteiger partial charge in [0.25, 0.3) is 5.91 Å². The minimum absolute atomic E-state index is 0.0575. The summed E-state index contributed by atoms with van der Waals surface area (Å²) >= 11 is 0. The van der Waals surface area contributed by atoms with Crippen LogP contribution in [-0.2, 0) is 26.2 Å². The summed E-state index contributed by atoms with van der Waals surface area (Å²) < 4.78 is 22.8. The number of aryl methyl sites for hydroxylation is 1. The molecular formula is C20H23NO5. The predicted octanol–water partition coefficient (Wildman–Crippen LogP) is 1.80. The average Bonchev–Trinajstić information content (AvgIpc) is 3.38. The van der Waals surface area contributed by atoms with Gasteiger partial charge in [0.15, 0.2) is 23.2 Å². The number of epoxide rings is 1.